The molecule has 1 unspecified atom stereocenters. The van der Waals surface area contributed by atoms with Crippen LogP contribution in [-0.2, 0) is 7.05 Å². The third-order valence-corrected chi connectivity index (χ3v) is 3.21. The fraction of sp³-hybridized carbons (Fsp3) is 0.500. The number of nitrogens with zero attached hydrogens (tertiary/aromatic N) is 3. The summed E-state index contributed by atoms with van der Waals surface area (Å²) in [4.78, 5) is 6.42. The van der Waals surface area contributed by atoms with E-state index in [1.165, 1.54) is 0 Å². The average molecular weight is 262 g/mol. The zero-order valence-electron chi connectivity index (χ0n) is 11.8. The highest BCUT2D eigenvalue weighted by Crippen LogP contribution is 2.18. The molecule has 1 heterocycles. The highest BCUT2D eigenvalue weighted by atomic mass is 16.3. The third kappa shape index (κ3) is 3.53. The molecule has 2 aromatic rings. The van der Waals surface area contributed by atoms with Crippen LogP contribution in [0, 0.1) is 0 Å². The van der Waals surface area contributed by atoms with Crippen molar-refractivity contribution in [2.24, 2.45) is 7.05 Å². The highest BCUT2D eigenvalue weighted by Gasteiger charge is 2.09. The number of imidazole rings is 1. The quantitative estimate of drug-likeness (QED) is 0.755. The van der Waals surface area contributed by atoms with E-state index in [9.17, 15) is 5.11 Å². The number of aliphatic hydroxyl groups excluding tert-OH is 1. The first-order valence-electron chi connectivity index (χ1n) is 6.52. The maximum atomic E-state index is 10.1. The van der Waals surface area contributed by atoms with Crippen LogP contribution in [0.2, 0.25) is 0 Å². The Kier molecular flexibility index (Phi) is 4.52. The largest absolute Gasteiger partial charge is 0.387 e. The second kappa shape index (κ2) is 6.14. The van der Waals surface area contributed by atoms with Crippen LogP contribution in [-0.4, -0.2) is 53.3 Å². The zero-order valence-corrected chi connectivity index (χ0v) is 11.8. The van der Waals surface area contributed by atoms with Crippen LogP contribution in [0.25, 0.3) is 11.0 Å². The van der Waals surface area contributed by atoms with Gasteiger partial charge in [0, 0.05) is 26.7 Å². The van der Waals surface area contributed by atoms with Crippen LogP contribution < -0.4 is 5.32 Å². The van der Waals surface area contributed by atoms with Crippen molar-refractivity contribution in [1.82, 2.24) is 19.8 Å². The molecule has 0 aliphatic carbocycles. The van der Waals surface area contributed by atoms with E-state index in [1.54, 1.807) is 6.33 Å². The minimum Gasteiger partial charge on any atom is -0.387 e. The van der Waals surface area contributed by atoms with Gasteiger partial charge in [-0.15, -0.1) is 0 Å². The summed E-state index contributed by atoms with van der Waals surface area (Å²) in [6, 6.07) is 5.91. The number of hydrogen-bond donors (Lipinski definition) is 2. The Morgan fingerprint density at radius 1 is 1.42 bits per heavy atom. The van der Waals surface area contributed by atoms with Gasteiger partial charge in [-0.25, -0.2) is 4.98 Å². The van der Waals surface area contributed by atoms with Crippen LogP contribution in [0.4, 0.5) is 0 Å². The van der Waals surface area contributed by atoms with Crippen molar-refractivity contribution >= 4 is 11.0 Å². The number of aryl methyl sites for hydroxylation is 1. The summed E-state index contributed by atoms with van der Waals surface area (Å²) in [5.41, 5.74) is 2.91. The van der Waals surface area contributed by atoms with Crippen molar-refractivity contribution in [3.05, 3.63) is 30.1 Å². The summed E-state index contributed by atoms with van der Waals surface area (Å²) >= 11 is 0. The van der Waals surface area contributed by atoms with Crippen LogP contribution in [0.15, 0.2) is 24.5 Å². The monoisotopic (exact) mass is 262 g/mol. The van der Waals surface area contributed by atoms with E-state index < -0.39 is 6.10 Å². The first kappa shape index (κ1) is 14.0. The lowest BCUT2D eigenvalue weighted by atomic mass is 10.1. The Balaban J connectivity index is 1.95. The number of nitrogens with one attached hydrogen (secondary N) is 1. The zero-order chi connectivity index (χ0) is 13.8. The standard InChI is InChI=1S/C14H22N4O/c1-17(2)7-6-15-9-14(19)11-4-5-13-12(8-11)16-10-18(13)3/h4-5,8,10,14-15,19H,6-7,9H2,1-3H3. The molecule has 0 saturated heterocycles. The van der Waals surface area contributed by atoms with Gasteiger partial charge in [0.2, 0.25) is 0 Å². The molecular formula is C14H22N4O. The van der Waals surface area contributed by atoms with E-state index in [0.717, 1.165) is 29.7 Å². The van der Waals surface area contributed by atoms with Crippen LogP contribution in [0.5, 0.6) is 0 Å². The van der Waals surface area contributed by atoms with Gasteiger partial charge in [0.25, 0.3) is 0 Å². The van der Waals surface area contributed by atoms with Crippen molar-refractivity contribution in [2.45, 2.75) is 6.10 Å². The molecule has 0 fully saturated rings. The van der Waals surface area contributed by atoms with Gasteiger partial charge in [0.1, 0.15) is 0 Å². The van der Waals surface area contributed by atoms with Gasteiger partial charge in [-0.2, -0.15) is 0 Å². The van der Waals surface area contributed by atoms with Crippen LogP contribution in [0.3, 0.4) is 0 Å². The van der Waals surface area contributed by atoms with Gasteiger partial charge in [-0.3, -0.25) is 0 Å². The Bertz CT molecular complexity index is 535. The number of hydrogen-bond acceptors (Lipinski definition) is 4. The van der Waals surface area contributed by atoms with Crippen molar-refractivity contribution in [3.63, 3.8) is 0 Å². The minimum atomic E-state index is -0.492. The molecule has 0 saturated carbocycles. The molecule has 2 rings (SSSR count). The molecule has 2 N–H and O–H groups in total. The molecule has 0 bridgehead atoms. The van der Waals surface area contributed by atoms with E-state index in [-0.39, 0.29) is 0 Å². The molecule has 1 aromatic carbocycles. The van der Waals surface area contributed by atoms with Crippen LogP contribution >= 0.6 is 0 Å². The van der Waals surface area contributed by atoms with E-state index in [2.05, 4.69) is 15.2 Å². The normalized spacial score (nSPS) is 13.3. The summed E-state index contributed by atoms with van der Waals surface area (Å²) in [6.45, 7) is 2.40. The molecule has 0 aliphatic heterocycles. The Labute approximate surface area is 113 Å². The predicted octanol–water partition coefficient (Wildman–Crippen LogP) is 0.758. The second-order valence-corrected chi connectivity index (χ2v) is 5.13. The average Bonchev–Trinajstić information content (AvgIpc) is 2.75. The molecular weight excluding hydrogens is 240 g/mol. The maximum Gasteiger partial charge on any atom is 0.0955 e. The number of likely N-dealkylation sites (N-methyl/N-ethyl adjacent to an activating group) is 1. The fourth-order valence-electron chi connectivity index (χ4n) is 2.02. The van der Waals surface area contributed by atoms with Gasteiger partial charge >= 0.3 is 0 Å². The van der Waals surface area contributed by atoms with Crippen molar-refractivity contribution in [3.8, 4) is 0 Å². The number of aromatic nitrogens is 2. The number of rotatable bonds is 6. The Hall–Kier alpha value is -1.43. The first-order valence-corrected chi connectivity index (χ1v) is 6.52. The molecule has 0 aliphatic rings. The van der Waals surface area contributed by atoms with E-state index in [0.29, 0.717) is 6.54 Å². The van der Waals surface area contributed by atoms with Gasteiger partial charge < -0.3 is 19.9 Å². The summed E-state index contributed by atoms with van der Waals surface area (Å²) in [6.07, 6.45) is 1.30. The molecule has 5 heteroatoms. The van der Waals surface area contributed by atoms with E-state index in [1.807, 2.05) is 43.9 Å². The number of benzene rings is 1. The van der Waals surface area contributed by atoms with Gasteiger partial charge in [0.15, 0.2) is 0 Å². The molecule has 0 spiro atoms. The second-order valence-electron chi connectivity index (χ2n) is 5.13. The Morgan fingerprint density at radius 2 is 2.21 bits per heavy atom. The van der Waals surface area contributed by atoms with Crippen molar-refractivity contribution in [1.29, 1.82) is 0 Å². The highest BCUT2D eigenvalue weighted by molar-refractivity contribution is 5.76. The maximum absolute atomic E-state index is 10.1. The van der Waals surface area contributed by atoms with Gasteiger partial charge in [0.05, 0.1) is 23.5 Å². The third-order valence-electron chi connectivity index (χ3n) is 3.21. The smallest absolute Gasteiger partial charge is 0.0955 e. The van der Waals surface area contributed by atoms with Crippen molar-refractivity contribution < 1.29 is 5.11 Å². The Morgan fingerprint density at radius 3 is 2.95 bits per heavy atom. The predicted molar refractivity (Wildman–Crippen MR) is 77.1 cm³/mol. The molecule has 104 valence electrons. The summed E-state index contributed by atoms with van der Waals surface area (Å²) in [5, 5.41) is 13.4. The topological polar surface area (TPSA) is 53.3 Å². The molecule has 19 heavy (non-hydrogen) atoms. The fourth-order valence-corrected chi connectivity index (χ4v) is 2.02. The number of fused-ring (bicyclic) bond motifs is 1. The number of aliphatic hydroxyl groups is 1. The van der Waals surface area contributed by atoms with Crippen molar-refractivity contribution in [2.75, 3.05) is 33.7 Å². The van der Waals surface area contributed by atoms with E-state index >= 15 is 0 Å². The summed E-state index contributed by atoms with van der Waals surface area (Å²) in [5.74, 6) is 0. The molecule has 1 aromatic heterocycles. The lowest BCUT2D eigenvalue weighted by Gasteiger charge is -2.14. The lowest BCUT2D eigenvalue weighted by Crippen LogP contribution is -2.29. The van der Waals surface area contributed by atoms with Crippen LogP contribution in [0.1, 0.15) is 11.7 Å². The molecule has 1 atom stereocenters. The molecule has 5 nitrogen and oxygen atoms in total. The minimum absolute atomic E-state index is 0.492. The molecule has 0 radical (unpaired) electrons. The van der Waals surface area contributed by atoms with E-state index in [4.69, 9.17) is 0 Å². The summed E-state index contributed by atoms with van der Waals surface area (Å²) < 4.78 is 1.97. The first-order chi connectivity index (χ1) is 9.08. The van der Waals surface area contributed by atoms with Gasteiger partial charge in [-0.1, -0.05) is 6.07 Å². The SMILES string of the molecule is CN(C)CCNCC(O)c1ccc2c(c1)ncn2C. The van der Waals surface area contributed by atoms with Gasteiger partial charge in [-0.05, 0) is 31.8 Å². The molecule has 0 amide bonds. The summed E-state index contributed by atoms with van der Waals surface area (Å²) in [7, 11) is 6.04. The lowest BCUT2D eigenvalue weighted by molar-refractivity contribution is 0.174.